The molecule has 26 heavy (non-hydrogen) atoms. The van der Waals surface area contributed by atoms with Crippen LogP contribution in [0.4, 0.5) is 0 Å². The molecule has 3 rings (SSSR count). The van der Waals surface area contributed by atoms with Gasteiger partial charge >= 0.3 is 0 Å². The maximum atomic E-state index is 12.5. The van der Waals surface area contributed by atoms with Crippen molar-refractivity contribution >= 4 is 23.5 Å². The summed E-state index contributed by atoms with van der Waals surface area (Å²) in [4.78, 5) is 13.1. The largest absolute Gasteiger partial charge is 0.504 e. The lowest BCUT2D eigenvalue weighted by Gasteiger charge is -2.04. The van der Waals surface area contributed by atoms with Crippen molar-refractivity contribution in [2.75, 3.05) is 7.11 Å². The molecule has 0 atom stereocenters. The van der Waals surface area contributed by atoms with E-state index in [-0.39, 0.29) is 11.7 Å². The first-order chi connectivity index (χ1) is 12.6. The maximum Gasteiger partial charge on any atom is 0.282 e. The van der Waals surface area contributed by atoms with Crippen molar-refractivity contribution in [3.63, 3.8) is 0 Å². The molecule has 5 nitrogen and oxygen atoms in total. The standard InChI is InChI=1S/C20H18N2O3S/c1-13-3-6-15(7-4-13)16-9-10-26-19(16)20(24)22-21-12-14-5-8-17(23)18(11-14)25-2/h3-12,23H,1-2H3,(H,22,24)/b21-12+. The third-order valence-electron chi connectivity index (χ3n) is 3.82. The molecule has 0 unspecified atom stereocenters. The first-order valence-corrected chi connectivity index (χ1v) is 8.81. The Kier molecular flexibility index (Phi) is 5.34. The normalized spacial score (nSPS) is 10.8. The van der Waals surface area contributed by atoms with Crippen LogP contribution in [0.15, 0.2) is 59.0 Å². The van der Waals surface area contributed by atoms with Crippen molar-refractivity contribution in [2.45, 2.75) is 6.92 Å². The van der Waals surface area contributed by atoms with Crippen LogP contribution in [-0.4, -0.2) is 24.3 Å². The fourth-order valence-corrected chi connectivity index (χ4v) is 3.24. The third kappa shape index (κ3) is 3.92. The number of hydrogen-bond donors (Lipinski definition) is 2. The summed E-state index contributed by atoms with van der Waals surface area (Å²) in [6, 6.07) is 14.8. The number of aromatic hydroxyl groups is 1. The van der Waals surface area contributed by atoms with Crippen LogP contribution in [0.1, 0.15) is 20.8 Å². The minimum Gasteiger partial charge on any atom is -0.504 e. The lowest BCUT2D eigenvalue weighted by Crippen LogP contribution is -2.17. The fraction of sp³-hybridized carbons (Fsp3) is 0.100. The average molecular weight is 366 g/mol. The minimum absolute atomic E-state index is 0.0509. The summed E-state index contributed by atoms with van der Waals surface area (Å²) in [5, 5.41) is 15.5. The molecule has 2 aromatic carbocycles. The van der Waals surface area contributed by atoms with Crippen LogP contribution in [0.3, 0.4) is 0 Å². The molecule has 1 amide bonds. The van der Waals surface area contributed by atoms with Crippen LogP contribution in [-0.2, 0) is 0 Å². The van der Waals surface area contributed by atoms with Crippen LogP contribution in [0.25, 0.3) is 11.1 Å². The van der Waals surface area contributed by atoms with Gasteiger partial charge in [0, 0.05) is 5.56 Å². The molecule has 132 valence electrons. The minimum atomic E-state index is -0.266. The van der Waals surface area contributed by atoms with Crippen molar-refractivity contribution in [3.8, 4) is 22.6 Å². The first-order valence-electron chi connectivity index (χ1n) is 7.93. The van der Waals surface area contributed by atoms with Gasteiger partial charge in [0.05, 0.1) is 13.3 Å². The van der Waals surface area contributed by atoms with Gasteiger partial charge < -0.3 is 9.84 Å². The summed E-state index contributed by atoms with van der Waals surface area (Å²) in [5.74, 6) is 0.132. The average Bonchev–Trinajstić information content (AvgIpc) is 3.13. The molecule has 1 aromatic heterocycles. The van der Waals surface area contributed by atoms with Gasteiger partial charge in [0.25, 0.3) is 5.91 Å². The molecule has 6 heteroatoms. The molecule has 0 aliphatic rings. The van der Waals surface area contributed by atoms with Crippen molar-refractivity contribution in [1.29, 1.82) is 0 Å². The summed E-state index contributed by atoms with van der Waals surface area (Å²) in [5.41, 5.74) is 6.29. The van der Waals surface area contributed by atoms with Gasteiger partial charge in [0.15, 0.2) is 11.5 Å². The molecule has 0 saturated heterocycles. The van der Waals surface area contributed by atoms with Crippen molar-refractivity contribution in [1.82, 2.24) is 5.43 Å². The fourth-order valence-electron chi connectivity index (χ4n) is 2.44. The summed E-state index contributed by atoms with van der Waals surface area (Å²) in [6.07, 6.45) is 1.50. The van der Waals surface area contributed by atoms with Crippen molar-refractivity contribution in [2.24, 2.45) is 5.10 Å². The molecule has 0 saturated carbocycles. The number of nitrogens with zero attached hydrogens (tertiary/aromatic N) is 1. The molecule has 1 heterocycles. The highest BCUT2D eigenvalue weighted by molar-refractivity contribution is 7.12. The van der Waals surface area contributed by atoms with Crippen LogP contribution in [0, 0.1) is 6.92 Å². The van der Waals surface area contributed by atoms with Crippen LogP contribution in [0.5, 0.6) is 11.5 Å². The van der Waals surface area contributed by atoms with Gasteiger partial charge in [0.1, 0.15) is 4.88 Å². The SMILES string of the molecule is COc1cc(/C=N/NC(=O)c2sccc2-c2ccc(C)cc2)ccc1O. The molecule has 0 spiro atoms. The van der Waals surface area contributed by atoms with E-state index in [2.05, 4.69) is 10.5 Å². The van der Waals surface area contributed by atoms with E-state index in [1.165, 1.54) is 36.3 Å². The number of phenols is 1. The lowest BCUT2D eigenvalue weighted by molar-refractivity contribution is 0.0960. The van der Waals surface area contributed by atoms with Crippen LogP contribution in [0.2, 0.25) is 0 Å². The highest BCUT2D eigenvalue weighted by atomic mass is 32.1. The third-order valence-corrected chi connectivity index (χ3v) is 4.73. The number of thiophene rings is 1. The van der Waals surface area contributed by atoms with E-state index < -0.39 is 0 Å². The molecular weight excluding hydrogens is 348 g/mol. The second-order valence-electron chi connectivity index (χ2n) is 5.66. The number of hydrogen-bond acceptors (Lipinski definition) is 5. The second kappa shape index (κ2) is 7.84. The molecule has 3 aromatic rings. The predicted molar refractivity (Wildman–Crippen MR) is 104 cm³/mol. The Labute approximate surface area is 155 Å². The summed E-state index contributed by atoms with van der Waals surface area (Å²) < 4.78 is 5.05. The van der Waals surface area contributed by atoms with Gasteiger partial charge in [-0.2, -0.15) is 5.10 Å². The van der Waals surface area contributed by atoms with Gasteiger partial charge in [-0.1, -0.05) is 29.8 Å². The smallest absolute Gasteiger partial charge is 0.282 e. The molecular formula is C20H18N2O3S. The van der Waals surface area contributed by atoms with E-state index in [1.54, 1.807) is 12.1 Å². The van der Waals surface area contributed by atoms with Crippen molar-refractivity contribution in [3.05, 3.63) is 69.9 Å². The number of ether oxygens (including phenoxy) is 1. The second-order valence-corrected chi connectivity index (χ2v) is 6.58. The zero-order valence-electron chi connectivity index (χ0n) is 14.4. The van der Waals surface area contributed by atoms with Crippen LogP contribution < -0.4 is 10.2 Å². The van der Waals surface area contributed by atoms with E-state index >= 15 is 0 Å². The molecule has 2 N–H and O–H groups in total. The number of nitrogens with one attached hydrogen (secondary N) is 1. The Morgan fingerprint density at radius 1 is 1.19 bits per heavy atom. The number of rotatable bonds is 5. The predicted octanol–water partition coefficient (Wildman–Crippen LogP) is 4.20. The Morgan fingerprint density at radius 2 is 1.96 bits per heavy atom. The van der Waals surface area contributed by atoms with Gasteiger partial charge in [-0.25, -0.2) is 5.43 Å². The van der Waals surface area contributed by atoms with Gasteiger partial charge in [-0.3, -0.25) is 4.79 Å². The number of aryl methyl sites for hydroxylation is 1. The Bertz CT molecular complexity index is 946. The van der Waals surface area contributed by atoms with Crippen LogP contribution >= 0.6 is 11.3 Å². The number of carbonyl (C=O) groups excluding carboxylic acids is 1. The Balaban J connectivity index is 1.73. The first kappa shape index (κ1) is 17.7. The van der Waals surface area contributed by atoms with E-state index in [0.717, 1.165) is 11.1 Å². The van der Waals surface area contributed by atoms with Gasteiger partial charge in [-0.15, -0.1) is 11.3 Å². The number of methoxy groups -OCH3 is 1. The van der Waals surface area contributed by atoms with E-state index in [1.807, 2.05) is 42.6 Å². The quantitative estimate of drug-likeness (QED) is 0.525. The number of phenolic OH excluding ortho intramolecular Hbond substituents is 1. The van der Waals surface area contributed by atoms with E-state index in [4.69, 9.17) is 4.74 Å². The molecule has 0 aliphatic carbocycles. The summed E-state index contributed by atoms with van der Waals surface area (Å²) >= 11 is 1.37. The summed E-state index contributed by atoms with van der Waals surface area (Å²) in [7, 11) is 1.47. The summed E-state index contributed by atoms with van der Waals surface area (Å²) in [6.45, 7) is 2.03. The van der Waals surface area contributed by atoms with E-state index in [9.17, 15) is 9.90 Å². The topological polar surface area (TPSA) is 70.9 Å². The lowest BCUT2D eigenvalue weighted by atomic mass is 10.1. The number of carbonyl (C=O) groups is 1. The maximum absolute atomic E-state index is 12.5. The zero-order valence-corrected chi connectivity index (χ0v) is 15.2. The molecule has 0 radical (unpaired) electrons. The molecule has 0 aliphatic heterocycles. The number of amides is 1. The van der Waals surface area contributed by atoms with E-state index in [0.29, 0.717) is 16.2 Å². The number of hydrazone groups is 1. The molecule has 0 fully saturated rings. The van der Waals surface area contributed by atoms with Crippen molar-refractivity contribution < 1.29 is 14.6 Å². The number of benzene rings is 2. The van der Waals surface area contributed by atoms with Gasteiger partial charge in [0.2, 0.25) is 0 Å². The highest BCUT2D eigenvalue weighted by Crippen LogP contribution is 2.28. The molecule has 0 bridgehead atoms. The Morgan fingerprint density at radius 3 is 2.69 bits per heavy atom. The zero-order chi connectivity index (χ0) is 18.5. The monoisotopic (exact) mass is 366 g/mol. The Hall–Kier alpha value is -3.12. The van der Waals surface area contributed by atoms with Gasteiger partial charge in [-0.05, 0) is 47.7 Å². The highest BCUT2D eigenvalue weighted by Gasteiger charge is 2.14.